The molecular formula is C29H39N5O3. The van der Waals surface area contributed by atoms with Gasteiger partial charge in [-0.1, -0.05) is 25.5 Å². The van der Waals surface area contributed by atoms with E-state index in [-0.39, 0.29) is 17.7 Å². The van der Waals surface area contributed by atoms with Crippen molar-refractivity contribution in [3.63, 3.8) is 0 Å². The van der Waals surface area contributed by atoms with Crippen LogP contribution in [0.25, 0.3) is 21.8 Å². The standard InChI is InChI=1S/C29H39N5O3/c1-2-29(10-3-11-29)19-31-28-30-17-25-23-9-4-20(18-33-12-14-37-15-13-33)16-24(23)27(36)34(26(25)32-28)21-5-7-22(35)8-6-21/h4,9,16-17,21-22,35H,2-3,5-8,10-15,18-19H2,1H3,(H,30,31,32). The first-order chi connectivity index (χ1) is 18.0. The van der Waals surface area contributed by atoms with E-state index in [1.807, 2.05) is 10.8 Å². The van der Waals surface area contributed by atoms with Crippen LogP contribution in [0, 0.1) is 5.41 Å². The molecule has 2 saturated carbocycles. The molecule has 1 aliphatic heterocycles. The second-order valence-corrected chi connectivity index (χ2v) is 11.4. The lowest BCUT2D eigenvalue weighted by Crippen LogP contribution is -2.36. The highest BCUT2D eigenvalue weighted by atomic mass is 16.5. The van der Waals surface area contributed by atoms with Crippen molar-refractivity contribution in [2.75, 3.05) is 38.2 Å². The molecule has 3 heterocycles. The summed E-state index contributed by atoms with van der Waals surface area (Å²) < 4.78 is 7.41. The number of pyridine rings is 1. The number of rotatable bonds is 7. The third kappa shape index (κ3) is 4.87. The molecule has 3 aromatic rings. The van der Waals surface area contributed by atoms with Gasteiger partial charge in [-0.25, -0.2) is 4.98 Å². The molecule has 1 saturated heterocycles. The number of morpholine rings is 1. The maximum Gasteiger partial charge on any atom is 0.260 e. The number of aliphatic hydroxyl groups excluding tert-OH is 1. The summed E-state index contributed by atoms with van der Waals surface area (Å²) in [6, 6.07) is 6.29. The van der Waals surface area contributed by atoms with Gasteiger partial charge in [0.05, 0.1) is 19.3 Å². The van der Waals surface area contributed by atoms with Gasteiger partial charge in [0.2, 0.25) is 5.95 Å². The van der Waals surface area contributed by atoms with Gasteiger partial charge in [-0.2, -0.15) is 4.98 Å². The normalized spacial score (nSPS) is 24.3. The molecule has 0 unspecified atom stereocenters. The van der Waals surface area contributed by atoms with Crippen LogP contribution in [0.5, 0.6) is 0 Å². The van der Waals surface area contributed by atoms with E-state index in [9.17, 15) is 9.90 Å². The summed E-state index contributed by atoms with van der Waals surface area (Å²) in [6.07, 6.45) is 9.53. The summed E-state index contributed by atoms with van der Waals surface area (Å²) in [5.41, 5.74) is 2.21. The summed E-state index contributed by atoms with van der Waals surface area (Å²) >= 11 is 0. The number of aliphatic hydroxyl groups is 1. The molecule has 2 N–H and O–H groups in total. The van der Waals surface area contributed by atoms with E-state index in [0.717, 1.165) is 80.4 Å². The Morgan fingerprint density at radius 2 is 1.89 bits per heavy atom. The molecule has 0 bridgehead atoms. The molecule has 0 radical (unpaired) electrons. The molecular weight excluding hydrogens is 466 g/mol. The van der Waals surface area contributed by atoms with Crippen molar-refractivity contribution in [1.82, 2.24) is 19.4 Å². The van der Waals surface area contributed by atoms with Crippen LogP contribution in [-0.2, 0) is 11.3 Å². The fraction of sp³-hybridized carbons (Fsp3) is 0.621. The first-order valence-corrected chi connectivity index (χ1v) is 14.1. The number of benzene rings is 1. The summed E-state index contributed by atoms with van der Waals surface area (Å²) in [5.74, 6) is 0.597. The van der Waals surface area contributed by atoms with Gasteiger partial charge in [0.25, 0.3) is 5.56 Å². The van der Waals surface area contributed by atoms with Crippen molar-refractivity contribution in [1.29, 1.82) is 0 Å². The van der Waals surface area contributed by atoms with Crippen LogP contribution in [-0.4, -0.2) is 63.5 Å². The second-order valence-electron chi connectivity index (χ2n) is 11.4. The van der Waals surface area contributed by atoms with E-state index >= 15 is 0 Å². The molecule has 3 aliphatic rings. The topological polar surface area (TPSA) is 92.5 Å². The Bertz CT molecular complexity index is 1320. The number of nitrogens with one attached hydrogen (secondary N) is 1. The van der Waals surface area contributed by atoms with Crippen molar-refractivity contribution < 1.29 is 9.84 Å². The molecule has 0 spiro atoms. The van der Waals surface area contributed by atoms with Crippen LogP contribution >= 0.6 is 0 Å². The fourth-order valence-electron chi connectivity index (χ4n) is 6.43. The lowest BCUT2D eigenvalue weighted by molar-refractivity contribution is 0.0342. The van der Waals surface area contributed by atoms with Crippen molar-refractivity contribution in [3.05, 3.63) is 40.3 Å². The van der Waals surface area contributed by atoms with Crippen LogP contribution < -0.4 is 10.9 Å². The van der Waals surface area contributed by atoms with E-state index in [1.165, 1.54) is 19.3 Å². The molecule has 0 amide bonds. The van der Waals surface area contributed by atoms with Crippen LogP contribution in [0.2, 0.25) is 0 Å². The second kappa shape index (κ2) is 10.3. The maximum absolute atomic E-state index is 14.1. The highest BCUT2D eigenvalue weighted by Gasteiger charge is 2.35. The zero-order valence-corrected chi connectivity index (χ0v) is 21.9. The number of nitrogens with zero attached hydrogens (tertiary/aromatic N) is 4. The Balaban J connectivity index is 1.41. The summed E-state index contributed by atoms with van der Waals surface area (Å²) in [4.78, 5) is 26.1. The SMILES string of the molecule is CCC1(CNc2ncc3c4ccc(CN5CCOCC5)cc4c(=O)n(C4CCC(O)CC4)c3n2)CCC1. The average molecular weight is 506 g/mol. The van der Waals surface area contributed by atoms with Crippen LogP contribution in [0.1, 0.15) is 69.9 Å². The lowest BCUT2D eigenvalue weighted by Gasteiger charge is -2.41. The molecule has 1 aromatic carbocycles. The predicted octanol–water partition coefficient (Wildman–Crippen LogP) is 4.25. The van der Waals surface area contributed by atoms with Gasteiger partial charge >= 0.3 is 0 Å². The minimum Gasteiger partial charge on any atom is -0.393 e. The Labute approximate surface area is 218 Å². The van der Waals surface area contributed by atoms with Gasteiger partial charge in [-0.3, -0.25) is 14.3 Å². The van der Waals surface area contributed by atoms with Gasteiger partial charge in [-0.05, 0) is 67.4 Å². The molecule has 198 valence electrons. The van der Waals surface area contributed by atoms with Crippen molar-refractivity contribution in [2.45, 2.75) is 77.0 Å². The van der Waals surface area contributed by atoms with Gasteiger partial charge in [0.15, 0.2) is 0 Å². The molecule has 37 heavy (non-hydrogen) atoms. The van der Waals surface area contributed by atoms with E-state index < -0.39 is 0 Å². The van der Waals surface area contributed by atoms with Crippen LogP contribution in [0.15, 0.2) is 29.2 Å². The van der Waals surface area contributed by atoms with Gasteiger partial charge < -0.3 is 15.2 Å². The highest BCUT2D eigenvalue weighted by molar-refractivity contribution is 6.04. The van der Waals surface area contributed by atoms with Crippen LogP contribution in [0.3, 0.4) is 0 Å². The van der Waals surface area contributed by atoms with E-state index in [2.05, 4.69) is 35.3 Å². The molecule has 2 aliphatic carbocycles. The van der Waals surface area contributed by atoms with Crippen LogP contribution in [0.4, 0.5) is 5.95 Å². The van der Waals surface area contributed by atoms with E-state index in [4.69, 9.17) is 14.7 Å². The van der Waals surface area contributed by atoms with Gasteiger partial charge in [-0.15, -0.1) is 0 Å². The van der Waals surface area contributed by atoms with Gasteiger partial charge in [0.1, 0.15) is 5.65 Å². The Hall–Kier alpha value is -2.55. The molecule has 8 heteroatoms. The molecule has 8 nitrogen and oxygen atoms in total. The number of hydrogen-bond acceptors (Lipinski definition) is 7. The summed E-state index contributed by atoms with van der Waals surface area (Å²) in [5, 5.41) is 16.2. The van der Waals surface area contributed by atoms with E-state index in [0.29, 0.717) is 29.9 Å². The maximum atomic E-state index is 14.1. The number of aromatic nitrogens is 3. The largest absolute Gasteiger partial charge is 0.393 e. The molecule has 6 rings (SSSR count). The molecule has 0 atom stereocenters. The minimum atomic E-state index is -0.279. The monoisotopic (exact) mass is 505 g/mol. The lowest BCUT2D eigenvalue weighted by atomic mass is 9.67. The highest BCUT2D eigenvalue weighted by Crippen LogP contribution is 2.43. The number of anilines is 1. The number of fused-ring (bicyclic) bond motifs is 3. The smallest absolute Gasteiger partial charge is 0.260 e. The number of ether oxygens (including phenoxy) is 1. The van der Waals surface area contributed by atoms with Crippen molar-refractivity contribution >= 4 is 27.8 Å². The predicted molar refractivity (Wildman–Crippen MR) is 146 cm³/mol. The van der Waals surface area contributed by atoms with Crippen molar-refractivity contribution in [3.8, 4) is 0 Å². The molecule has 2 aromatic heterocycles. The molecule has 3 fully saturated rings. The average Bonchev–Trinajstić information content (AvgIpc) is 2.90. The van der Waals surface area contributed by atoms with Crippen molar-refractivity contribution in [2.24, 2.45) is 5.41 Å². The Morgan fingerprint density at radius 3 is 2.59 bits per heavy atom. The summed E-state index contributed by atoms with van der Waals surface area (Å²) in [7, 11) is 0. The third-order valence-corrected chi connectivity index (χ3v) is 9.15. The Kier molecular flexibility index (Phi) is 6.90. The first kappa shape index (κ1) is 24.8. The third-order valence-electron chi connectivity index (χ3n) is 9.15. The zero-order chi connectivity index (χ0) is 25.4. The number of hydrogen-bond donors (Lipinski definition) is 2. The fourth-order valence-corrected chi connectivity index (χ4v) is 6.43. The summed E-state index contributed by atoms with van der Waals surface area (Å²) in [6.45, 7) is 7.27. The zero-order valence-electron chi connectivity index (χ0n) is 21.9. The first-order valence-electron chi connectivity index (χ1n) is 14.1. The quantitative estimate of drug-likeness (QED) is 0.464. The van der Waals surface area contributed by atoms with E-state index in [1.54, 1.807) is 0 Å². The van der Waals surface area contributed by atoms with Gasteiger partial charge in [0, 0.05) is 49.2 Å². The Morgan fingerprint density at radius 1 is 1.11 bits per heavy atom. The minimum absolute atomic E-state index is 0.0152.